The first-order valence-electron chi connectivity index (χ1n) is 11.1. The highest BCUT2D eigenvalue weighted by Crippen LogP contribution is 2.37. The minimum absolute atomic E-state index is 0.0128. The van der Waals surface area contributed by atoms with Crippen molar-refractivity contribution in [3.05, 3.63) is 43.0 Å². The number of piperazine rings is 1. The third-order valence-electron chi connectivity index (χ3n) is 6.18. The molecule has 1 atom stereocenters. The fraction of sp³-hybridized carbons (Fsp3) is 0.417. The molecule has 1 heterocycles. The van der Waals surface area contributed by atoms with Crippen LogP contribution in [0.25, 0.3) is 10.8 Å². The molecule has 1 unspecified atom stereocenters. The molecule has 33 heavy (non-hydrogen) atoms. The molecule has 1 aliphatic heterocycles. The van der Waals surface area contributed by atoms with Crippen LogP contribution in [-0.4, -0.2) is 71.8 Å². The molecular formula is C24H31N5O3S. The second-order valence-corrected chi connectivity index (χ2v) is 10.4. The predicted octanol–water partition coefficient (Wildman–Crippen LogP) is 2.93. The van der Waals surface area contributed by atoms with Crippen molar-refractivity contribution in [3.63, 3.8) is 0 Å². The fourth-order valence-corrected chi connectivity index (χ4v) is 5.18. The van der Waals surface area contributed by atoms with E-state index in [-0.39, 0.29) is 17.5 Å². The predicted molar refractivity (Wildman–Crippen MR) is 133 cm³/mol. The van der Waals surface area contributed by atoms with Crippen molar-refractivity contribution >= 4 is 45.1 Å². The highest BCUT2D eigenvalue weighted by Gasteiger charge is 2.39. The van der Waals surface area contributed by atoms with Crippen molar-refractivity contribution in [2.24, 2.45) is 0 Å². The van der Waals surface area contributed by atoms with Crippen LogP contribution in [-0.2, 0) is 15.8 Å². The van der Waals surface area contributed by atoms with Gasteiger partial charge in [-0.25, -0.2) is 13.7 Å². The lowest BCUT2D eigenvalue weighted by molar-refractivity contribution is -0.111. The number of carbonyl (C=O) groups excluding carboxylic acids is 2. The molecule has 8 nitrogen and oxygen atoms in total. The molecular weight excluding hydrogens is 438 g/mol. The van der Waals surface area contributed by atoms with Gasteiger partial charge < -0.3 is 20.0 Å². The van der Waals surface area contributed by atoms with Gasteiger partial charge in [-0.2, -0.15) is 0 Å². The molecule has 2 aromatic carbocycles. The molecule has 1 aliphatic carbocycles. The largest absolute Gasteiger partial charge is 0.367 e. The number of nitrogens with zero attached hydrogens (tertiary/aromatic N) is 3. The van der Waals surface area contributed by atoms with Crippen LogP contribution < -0.4 is 14.9 Å². The zero-order chi connectivity index (χ0) is 23.8. The summed E-state index contributed by atoms with van der Waals surface area (Å²) >= 11 is 0. The lowest BCUT2D eigenvalue weighted by atomic mass is 10.1. The van der Waals surface area contributed by atoms with Crippen molar-refractivity contribution in [1.29, 1.82) is 0 Å². The first kappa shape index (κ1) is 23.3. The van der Waals surface area contributed by atoms with Gasteiger partial charge in [0.2, 0.25) is 5.91 Å². The molecule has 1 saturated heterocycles. The van der Waals surface area contributed by atoms with Crippen LogP contribution in [0.2, 0.25) is 0 Å². The molecule has 2 aliphatic rings. The summed E-state index contributed by atoms with van der Waals surface area (Å²) in [5, 5.41) is 4.70. The molecule has 9 heteroatoms. The first-order chi connectivity index (χ1) is 15.7. The zero-order valence-electron chi connectivity index (χ0n) is 19.4. The van der Waals surface area contributed by atoms with Gasteiger partial charge in [0.1, 0.15) is 11.0 Å². The average molecular weight is 470 g/mol. The minimum atomic E-state index is -1.35. The van der Waals surface area contributed by atoms with E-state index in [1.165, 1.54) is 6.08 Å². The number of fused-ring (bicyclic) bond motifs is 1. The number of carbonyl (C=O) groups is 2. The third kappa shape index (κ3) is 5.20. The number of benzene rings is 2. The number of nitrogens with one attached hydrogen (secondary N) is 2. The van der Waals surface area contributed by atoms with Crippen molar-refractivity contribution in [3.8, 4) is 0 Å². The van der Waals surface area contributed by atoms with Crippen LogP contribution in [0, 0.1) is 0 Å². The SMILES string of the molecule is C=CC(=O)Nc1ccc2c(N3CCN(C(=O)N(C)C)CC3)cc(S(=O)NC3(C)CC3)cc2c1. The number of urea groups is 1. The van der Waals surface area contributed by atoms with Gasteiger partial charge in [0.15, 0.2) is 0 Å². The Morgan fingerprint density at radius 2 is 1.82 bits per heavy atom. The van der Waals surface area contributed by atoms with Crippen LogP contribution in [0.5, 0.6) is 0 Å². The molecule has 2 fully saturated rings. The molecule has 2 aromatic rings. The van der Waals surface area contributed by atoms with E-state index in [0.29, 0.717) is 36.8 Å². The summed E-state index contributed by atoms with van der Waals surface area (Å²) in [6.45, 7) is 8.19. The van der Waals surface area contributed by atoms with E-state index in [9.17, 15) is 13.8 Å². The molecule has 0 aromatic heterocycles. The molecule has 1 saturated carbocycles. The van der Waals surface area contributed by atoms with Crippen molar-refractivity contribution in [1.82, 2.24) is 14.5 Å². The second kappa shape index (κ2) is 9.15. The van der Waals surface area contributed by atoms with Gasteiger partial charge in [0, 0.05) is 62.6 Å². The number of hydrogen-bond donors (Lipinski definition) is 2. The summed E-state index contributed by atoms with van der Waals surface area (Å²) in [5.74, 6) is -0.278. The Hall–Kier alpha value is -2.91. The number of amides is 3. The monoisotopic (exact) mass is 469 g/mol. The molecule has 0 spiro atoms. The third-order valence-corrected chi connectivity index (χ3v) is 7.53. The van der Waals surface area contributed by atoms with Gasteiger partial charge in [-0.3, -0.25) is 4.79 Å². The lowest BCUT2D eigenvalue weighted by Gasteiger charge is -2.37. The van der Waals surface area contributed by atoms with Gasteiger partial charge in [-0.1, -0.05) is 12.6 Å². The summed E-state index contributed by atoms with van der Waals surface area (Å²) in [7, 11) is 2.17. The lowest BCUT2D eigenvalue weighted by Crippen LogP contribution is -2.51. The fourth-order valence-electron chi connectivity index (χ4n) is 3.96. The average Bonchev–Trinajstić information content (AvgIpc) is 3.53. The van der Waals surface area contributed by atoms with Crippen LogP contribution >= 0.6 is 0 Å². The standard InChI is InChI=1S/C24H31N5O3S/c1-5-22(30)25-18-6-7-20-17(14-18)15-19(33(32)26-24(2)8-9-24)16-21(20)28-10-12-29(13-11-28)23(31)27(3)4/h5-7,14-16,26H,1,8-13H2,2-4H3,(H,25,30). The Kier molecular flexibility index (Phi) is 6.45. The summed E-state index contributed by atoms with van der Waals surface area (Å²) in [6.07, 6.45) is 3.26. The van der Waals surface area contributed by atoms with E-state index in [2.05, 4.69) is 28.4 Å². The van der Waals surface area contributed by atoms with E-state index < -0.39 is 11.0 Å². The van der Waals surface area contributed by atoms with Gasteiger partial charge in [0.25, 0.3) is 0 Å². The van der Waals surface area contributed by atoms with Gasteiger partial charge in [0.05, 0.1) is 4.90 Å². The molecule has 4 rings (SSSR count). The Morgan fingerprint density at radius 1 is 1.12 bits per heavy atom. The molecule has 2 N–H and O–H groups in total. The smallest absolute Gasteiger partial charge is 0.319 e. The Labute approximate surface area is 197 Å². The van der Waals surface area contributed by atoms with Gasteiger partial charge >= 0.3 is 6.03 Å². The molecule has 3 amide bonds. The van der Waals surface area contributed by atoms with Crippen molar-refractivity contribution in [2.75, 3.05) is 50.5 Å². The van der Waals surface area contributed by atoms with Gasteiger partial charge in [-0.15, -0.1) is 0 Å². The van der Waals surface area contributed by atoms with Crippen LogP contribution in [0.1, 0.15) is 19.8 Å². The van der Waals surface area contributed by atoms with E-state index in [0.717, 1.165) is 29.3 Å². The van der Waals surface area contributed by atoms with Crippen LogP contribution in [0.4, 0.5) is 16.2 Å². The minimum Gasteiger partial charge on any atom is -0.367 e. The highest BCUT2D eigenvalue weighted by molar-refractivity contribution is 7.83. The summed E-state index contributed by atoms with van der Waals surface area (Å²) in [5.41, 5.74) is 1.57. The quantitative estimate of drug-likeness (QED) is 0.637. The summed E-state index contributed by atoms with van der Waals surface area (Å²) in [6, 6.07) is 9.65. The maximum absolute atomic E-state index is 13.1. The van der Waals surface area contributed by atoms with E-state index >= 15 is 0 Å². The zero-order valence-corrected chi connectivity index (χ0v) is 20.2. The van der Waals surface area contributed by atoms with Crippen LogP contribution in [0.3, 0.4) is 0 Å². The van der Waals surface area contributed by atoms with Crippen LogP contribution in [0.15, 0.2) is 47.9 Å². The maximum atomic E-state index is 13.1. The maximum Gasteiger partial charge on any atom is 0.319 e. The molecule has 176 valence electrons. The van der Waals surface area contributed by atoms with E-state index in [1.807, 2.05) is 35.2 Å². The number of anilines is 2. The molecule has 0 bridgehead atoms. The normalized spacial score (nSPS) is 18.0. The van der Waals surface area contributed by atoms with E-state index in [1.54, 1.807) is 19.0 Å². The van der Waals surface area contributed by atoms with Gasteiger partial charge in [-0.05, 0) is 55.5 Å². The molecule has 0 radical (unpaired) electrons. The first-order valence-corrected chi connectivity index (χ1v) is 12.3. The summed E-state index contributed by atoms with van der Waals surface area (Å²) < 4.78 is 16.4. The number of rotatable bonds is 6. The Balaban J connectivity index is 1.67. The van der Waals surface area contributed by atoms with Crippen molar-refractivity contribution < 1.29 is 13.8 Å². The topological polar surface area (TPSA) is 85.0 Å². The van der Waals surface area contributed by atoms with E-state index in [4.69, 9.17) is 0 Å². The summed E-state index contributed by atoms with van der Waals surface area (Å²) in [4.78, 5) is 30.5. The Morgan fingerprint density at radius 3 is 2.42 bits per heavy atom. The Bertz CT molecular complexity index is 1120. The highest BCUT2D eigenvalue weighted by atomic mass is 32.2. The second-order valence-electron chi connectivity index (χ2n) is 9.15. The number of hydrogen-bond acceptors (Lipinski definition) is 4. The van der Waals surface area contributed by atoms with Crippen molar-refractivity contribution in [2.45, 2.75) is 30.2 Å².